The summed E-state index contributed by atoms with van der Waals surface area (Å²) in [5.41, 5.74) is 9.32. The minimum Gasteiger partial charge on any atom is -0.540 e. The molecule has 0 aromatic heterocycles. The minimum absolute atomic E-state index is 0.0755. The van der Waals surface area contributed by atoms with E-state index < -0.39 is 16.6 Å². The van der Waals surface area contributed by atoms with E-state index in [2.05, 4.69) is 116 Å². The number of rotatable bonds is 16. The average molecular weight is 803 g/mol. The second-order valence-corrected chi connectivity index (χ2v) is 24.4. The Kier molecular flexibility index (Phi) is 12.2. The van der Waals surface area contributed by atoms with Gasteiger partial charge >= 0.3 is 0 Å². The van der Waals surface area contributed by atoms with E-state index in [-0.39, 0.29) is 16.6 Å². The zero-order chi connectivity index (χ0) is 41.7. The predicted octanol–water partition coefficient (Wildman–Crippen LogP) is 13.8. The molecule has 6 aromatic carbocycles. The first-order chi connectivity index (χ1) is 27.5. The van der Waals surface area contributed by atoms with E-state index in [4.69, 9.17) is 18.3 Å². The second kappa shape index (κ2) is 16.9. The average Bonchev–Trinajstić information content (AvgIpc) is 3.22. The second-order valence-electron chi connectivity index (χ2n) is 16.7. The van der Waals surface area contributed by atoms with Gasteiger partial charge in [-0.2, -0.15) is 0 Å². The summed E-state index contributed by atoms with van der Waals surface area (Å²) in [6, 6.07) is 47.5. The van der Waals surface area contributed by atoms with Gasteiger partial charge in [-0.3, -0.25) is 4.79 Å². The standard InChI is InChI=1S/C51H54O5Si2/c1-11-57(7,8)55-47-33-21-41(22-34-47)50(3,4)39-17-29-45(30-18-39)53-43-25-13-37(14-26-43)49(52)38-15-27-44(28-16-38)54-46-31-19-40(20-32-46)51(5,6)42-23-35-48(36-24-42)56-58(9,10)12-2/h11-36H,1-2H2,3-10H3. The van der Waals surface area contributed by atoms with Crippen LogP contribution in [0.15, 0.2) is 170 Å². The molecule has 0 fully saturated rings. The van der Waals surface area contributed by atoms with Gasteiger partial charge in [0.15, 0.2) is 5.78 Å². The topological polar surface area (TPSA) is 54.0 Å². The lowest BCUT2D eigenvalue weighted by Gasteiger charge is -2.27. The summed E-state index contributed by atoms with van der Waals surface area (Å²) >= 11 is 0. The van der Waals surface area contributed by atoms with Gasteiger partial charge in [0.1, 0.15) is 34.5 Å². The maximum absolute atomic E-state index is 13.4. The van der Waals surface area contributed by atoms with Gasteiger partial charge in [0.05, 0.1) is 0 Å². The molecule has 0 aliphatic carbocycles. The number of hydrogen-bond acceptors (Lipinski definition) is 5. The van der Waals surface area contributed by atoms with Crippen LogP contribution in [0, 0.1) is 0 Å². The zero-order valence-electron chi connectivity index (χ0n) is 35.0. The molecule has 0 atom stereocenters. The fourth-order valence-corrected chi connectivity index (χ4v) is 8.22. The molecule has 0 unspecified atom stereocenters. The van der Waals surface area contributed by atoms with Gasteiger partial charge < -0.3 is 18.3 Å². The molecule has 6 rings (SSSR count). The third-order valence-corrected chi connectivity index (χ3v) is 14.2. The highest BCUT2D eigenvalue weighted by atomic mass is 28.4. The number of carbonyl (C=O) groups is 1. The molecule has 5 nitrogen and oxygen atoms in total. The molecule has 0 saturated heterocycles. The van der Waals surface area contributed by atoms with E-state index >= 15 is 0 Å². The number of benzene rings is 6. The van der Waals surface area contributed by atoms with Crippen LogP contribution in [0.25, 0.3) is 0 Å². The van der Waals surface area contributed by atoms with Crippen LogP contribution >= 0.6 is 0 Å². The van der Waals surface area contributed by atoms with E-state index in [1.165, 1.54) is 22.3 Å². The molecule has 58 heavy (non-hydrogen) atoms. The van der Waals surface area contributed by atoms with Crippen molar-refractivity contribution in [2.75, 3.05) is 0 Å². The summed E-state index contributed by atoms with van der Waals surface area (Å²) in [6.45, 7) is 25.2. The van der Waals surface area contributed by atoms with Crippen molar-refractivity contribution in [3.8, 4) is 34.5 Å². The van der Waals surface area contributed by atoms with Gasteiger partial charge in [0, 0.05) is 22.0 Å². The summed E-state index contributed by atoms with van der Waals surface area (Å²) in [6.07, 6.45) is 0. The lowest BCUT2D eigenvalue weighted by Crippen LogP contribution is -2.31. The Morgan fingerprint density at radius 2 is 0.638 bits per heavy atom. The lowest BCUT2D eigenvalue weighted by atomic mass is 9.78. The van der Waals surface area contributed by atoms with Crippen molar-refractivity contribution in [3.63, 3.8) is 0 Å². The van der Waals surface area contributed by atoms with Crippen molar-refractivity contribution in [3.05, 3.63) is 204 Å². The summed E-state index contributed by atoms with van der Waals surface area (Å²) in [7, 11) is -3.83. The van der Waals surface area contributed by atoms with Crippen LogP contribution in [0.3, 0.4) is 0 Å². The summed E-state index contributed by atoms with van der Waals surface area (Å²) in [4.78, 5) is 13.4. The van der Waals surface area contributed by atoms with Crippen molar-refractivity contribution in [2.24, 2.45) is 0 Å². The minimum atomic E-state index is -1.91. The Morgan fingerprint density at radius 1 is 0.414 bits per heavy atom. The zero-order valence-corrected chi connectivity index (χ0v) is 37.0. The van der Waals surface area contributed by atoms with E-state index in [1.54, 1.807) is 24.3 Å². The molecule has 7 heteroatoms. The van der Waals surface area contributed by atoms with Crippen LogP contribution in [-0.4, -0.2) is 22.4 Å². The predicted molar refractivity (Wildman–Crippen MR) is 243 cm³/mol. The number of hydrogen-bond donors (Lipinski definition) is 0. The fraction of sp³-hybridized carbons (Fsp3) is 0.196. The highest BCUT2D eigenvalue weighted by Crippen LogP contribution is 2.36. The van der Waals surface area contributed by atoms with Gasteiger partial charge in [0.25, 0.3) is 16.6 Å². The highest BCUT2D eigenvalue weighted by Gasteiger charge is 2.26. The molecule has 0 N–H and O–H groups in total. The van der Waals surface area contributed by atoms with Crippen LogP contribution in [0.4, 0.5) is 0 Å². The third-order valence-electron chi connectivity index (χ3n) is 10.8. The first-order valence-electron chi connectivity index (χ1n) is 19.7. The number of carbonyl (C=O) groups excluding carboxylic acids is 1. The summed E-state index contributed by atoms with van der Waals surface area (Å²) in [5, 5.41) is 0. The molecule has 0 amide bonds. The van der Waals surface area contributed by atoms with E-state index in [9.17, 15) is 4.79 Å². The van der Waals surface area contributed by atoms with Gasteiger partial charge in [-0.05, 0) is 146 Å². The largest absolute Gasteiger partial charge is 0.540 e. The van der Waals surface area contributed by atoms with Crippen molar-refractivity contribution in [2.45, 2.75) is 64.7 Å². The molecule has 6 aromatic rings. The lowest BCUT2D eigenvalue weighted by molar-refractivity contribution is 0.103. The van der Waals surface area contributed by atoms with Crippen LogP contribution in [-0.2, 0) is 10.8 Å². The quantitative estimate of drug-likeness (QED) is 0.0721. The number of ether oxygens (including phenoxy) is 2. The first kappa shape index (κ1) is 41.7. The Hall–Kier alpha value is -5.90. The van der Waals surface area contributed by atoms with E-state index in [0.29, 0.717) is 22.6 Å². The molecule has 0 heterocycles. The van der Waals surface area contributed by atoms with Crippen LogP contribution in [0.5, 0.6) is 34.5 Å². The highest BCUT2D eigenvalue weighted by molar-refractivity contribution is 6.77. The molecule has 0 aliphatic rings. The molecule has 0 aliphatic heterocycles. The van der Waals surface area contributed by atoms with Crippen molar-refractivity contribution < 1.29 is 23.1 Å². The molecule has 0 bridgehead atoms. The molecular formula is C51H54O5Si2. The molecule has 0 radical (unpaired) electrons. The van der Waals surface area contributed by atoms with Crippen molar-refractivity contribution in [1.29, 1.82) is 0 Å². The van der Waals surface area contributed by atoms with Gasteiger partial charge in [-0.1, -0.05) is 87.6 Å². The molecule has 0 saturated carbocycles. The summed E-state index contributed by atoms with van der Waals surface area (Å²) < 4.78 is 24.6. The molecule has 296 valence electrons. The van der Waals surface area contributed by atoms with E-state index in [0.717, 1.165) is 23.0 Å². The SMILES string of the molecule is C=C[Si](C)(C)Oc1ccc(C(C)(C)c2ccc(Oc3ccc(C(=O)c4ccc(Oc5ccc(C(C)(C)c6ccc(O[Si](C)(C)C=C)cc6)cc5)cc4)cc3)cc2)cc1. The Balaban J connectivity index is 1.03. The first-order valence-corrected chi connectivity index (χ1v) is 25.6. The van der Waals surface area contributed by atoms with E-state index in [1.807, 2.05) is 84.2 Å². The number of ketones is 1. The monoisotopic (exact) mass is 802 g/mol. The van der Waals surface area contributed by atoms with Crippen LogP contribution in [0.2, 0.25) is 26.2 Å². The normalized spacial score (nSPS) is 12.0. The van der Waals surface area contributed by atoms with Gasteiger partial charge in [-0.15, -0.1) is 13.2 Å². The van der Waals surface area contributed by atoms with Gasteiger partial charge in [-0.25, -0.2) is 0 Å². The smallest absolute Gasteiger partial charge is 0.269 e. The molecular weight excluding hydrogens is 749 g/mol. The maximum Gasteiger partial charge on any atom is 0.269 e. The summed E-state index contributed by atoms with van der Waals surface area (Å²) in [5.74, 6) is 4.41. The van der Waals surface area contributed by atoms with Crippen LogP contribution in [0.1, 0.15) is 65.9 Å². The Morgan fingerprint density at radius 3 is 0.879 bits per heavy atom. The van der Waals surface area contributed by atoms with Crippen LogP contribution < -0.4 is 18.3 Å². The van der Waals surface area contributed by atoms with Gasteiger partial charge in [0.2, 0.25) is 0 Å². The fourth-order valence-electron chi connectivity index (χ4n) is 6.57. The third kappa shape index (κ3) is 9.97. The maximum atomic E-state index is 13.4. The van der Waals surface area contributed by atoms with Crippen molar-refractivity contribution in [1.82, 2.24) is 0 Å². The van der Waals surface area contributed by atoms with Crippen molar-refractivity contribution >= 4 is 22.4 Å². The molecule has 0 spiro atoms. The Labute approximate surface area is 346 Å². The Bertz CT molecular complexity index is 2170.